The van der Waals surface area contributed by atoms with Gasteiger partial charge >= 0.3 is 5.97 Å². The van der Waals surface area contributed by atoms with E-state index in [-0.39, 0.29) is 5.70 Å². The number of nitrogens with two attached hydrogens (primary N) is 1. The van der Waals surface area contributed by atoms with E-state index in [9.17, 15) is 19.5 Å². The molecule has 10 heteroatoms. The minimum atomic E-state index is -1.19. The molecule has 1 saturated heterocycles. The van der Waals surface area contributed by atoms with Crippen molar-refractivity contribution in [2.75, 3.05) is 5.75 Å². The second kappa shape index (κ2) is 9.05. The molecule has 3 unspecified atom stereocenters. The molecular formula is C24H20N4O4S2. The molecule has 1 fully saturated rings. The van der Waals surface area contributed by atoms with E-state index in [1.807, 2.05) is 36.4 Å². The number of aliphatic carboxylic acids is 1. The van der Waals surface area contributed by atoms with Crippen molar-refractivity contribution in [3.63, 3.8) is 0 Å². The Kier molecular flexibility index (Phi) is 5.94. The number of thiazole rings is 1. The van der Waals surface area contributed by atoms with Crippen molar-refractivity contribution < 1.29 is 19.5 Å². The van der Waals surface area contributed by atoms with Crippen molar-refractivity contribution in [3.05, 3.63) is 83.0 Å². The fourth-order valence-corrected chi connectivity index (χ4v) is 6.41. The van der Waals surface area contributed by atoms with Gasteiger partial charge in [0, 0.05) is 23.1 Å². The third kappa shape index (κ3) is 3.89. The summed E-state index contributed by atoms with van der Waals surface area (Å²) in [6.07, 6.45) is 1.65. The second-order valence-electron chi connectivity index (χ2n) is 7.81. The van der Waals surface area contributed by atoms with Gasteiger partial charge in [0.25, 0.3) is 5.91 Å². The number of rotatable bonds is 6. The van der Waals surface area contributed by atoms with E-state index in [0.717, 1.165) is 10.6 Å². The number of benzene rings is 2. The summed E-state index contributed by atoms with van der Waals surface area (Å²) in [5, 5.41) is 12.9. The van der Waals surface area contributed by atoms with Crippen LogP contribution in [0.3, 0.4) is 0 Å². The minimum absolute atomic E-state index is 0.0603. The number of fused-ring (bicyclic) bond motifs is 1. The van der Waals surface area contributed by atoms with Gasteiger partial charge in [-0.3, -0.25) is 14.5 Å². The molecule has 0 aliphatic carbocycles. The first kappa shape index (κ1) is 22.3. The smallest absolute Gasteiger partial charge is 0.353 e. The predicted molar refractivity (Wildman–Crippen MR) is 130 cm³/mol. The molecule has 4 N–H and O–H groups in total. The number of nitrogens with zero attached hydrogens (tertiary/aromatic N) is 2. The minimum Gasteiger partial charge on any atom is -0.477 e. The number of thioether (sulfide) groups is 1. The fraction of sp³-hybridized carbons (Fsp3) is 0.167. The molecule has 2 amide bonds. The zero-order valence-electron chi connectivity index (χ0n) is 17.8. The van der Waals surface area contributed by atoms with Crippen LogP contribution in [0.2, 0.25) is 0 Å². The third-order valence-electron chi connectivity index (χ3n) is 5.73. The molecule has 5 rings (SSSR count). The standard InChI is InChI=1S/C24H20N4O4S2/c25-17(13-7-3-1-4-8-13)20(29)27-18-22(30)28-19(24(31)32)15(12-33-23(18)28)16-11-26-21(34-16)14-9-5-2-6-10-14/h1-11,17-18,23H,12,25H2,(H,27,29)(H,31,32). The topological polar surface area (TPSA) is 126 Å². The fourth-order valence-electron chi connectivity index (χ4n) is 3.99. The summed E-state index contributed by atoms with van der Waals surface area (Å²) in [6.45, 7) is 0. The zero-order valence-corrected chi connectivity index (χ0v) is 19.4. The first-order chi connectivity index (χ1) is 16.5. The molecule has 2 aliphatic heterocycles. The quantitative estimate of drug-likeness (QED) is 0.452. The SMILES string of the molecule is NC(C(=O)NC1C(=O)N2C(C(=O)O)=C(c3cnc(-c4ccccc4)s3)CSC12)c1ccccc1. The number of hydrogen-bond acceptors (Lipinski definition) is 7. The highest BCUT2D eigenvalue weighted by molar-refractivity contribution is 8.00. The van der Waals surface area contributed by atoms with Crippen LogP contribution in [0.1, 0.15) is 16.5 Å². The summed E-state index contributed by atoms with van der Waals surface area (Å²) in [5.74, 6) is -1.75. The summed E-state index contributed by atoms with van der Waals surface area (Å²) in [4.78, 5) is 44.2. The van der Waals surface area contributed by atoms with Gasteiger partial charge in [0.1, 0.15) is 28.2 Å². The lowest BCUT2D eigenvalue weighted by molar-refractivity contribution is -0.150. The van der Waals surface area contributed by atoms with Crippen molar-refractivity contribution in [2.45, 2.75) is 17.5 Å². The van der Waals surface area contributed by atoms with Crippen molar-refractivity contribution in [3.8, 4) is 10.6 Å². The maximum atomic E-state index is 13.0. The van der Waals surface area contributed by atoms with Crippen LogP contribution >= 0.6 is 23.1 Å². The Morgan fingerprint density at radius 1 is 1.12 bits per heavy atom. The first-order valence-corrected chi connectivity index (χ1v) is 12.4. The van der Waals surface area contributed by atoms with Gasteiger partial charge in [0.05, 0.1) is 4.88 Å². The Labute approximate surface area is 203 Å². The molecule has 3 heterocycles. The highest BCUT2D eigenvalue weighted by Crippen LogP contribution is 2.45. The van der Waals surface area contributed by atoms with E-state index in [4.69, 9.17) is 5.73 Å². The molecule has 0 radical (unpaired) electrons. The Bertz CT molecular complexity index is 1290. The highest BCUT2D eigenvalue weighted by Gasteiger charge is 2.54. The Morgan fingerprint density at radius 3 is 2.47 bits per heavy atom. The van der Waals surface area contributed by atoms with Crippen LogP contribution in [0.15, 0.2) is 72.6 Å². The molecule has 172 valence electrons. The third-order valence-corrected chi connectivity index (χ3v) is 8.12. The van der Waals surface area contributed by atoms with Crippen molar-refractivity contribution >= 4 is 46.5 Å². The largest absolute Gasteiger partial charge is 0.477 e. The molecule has 1 aromatic heterocycles. The van der Waals surface area contributed by atoms with Crippen LogP contribution in [0, 0.1) is 0 Å². The van der Waals surface area contributed by atoms with Crippen molar-refractivity contribution in [1.29, 1.82) is 0 Å². The normalized spacial score (nSPS) is 20.4. The van der Waals surface area contributed by atoms with Gasteiger partial charge in [0.15, 0.2) is 0 Å². The first-order valence-electron chi connectivity index (χ1n) is 10.5. The molecule has 0 bridgehead atoms. The van der Waals surface area contributed by atoms with Gasteiger partial charge in [-0.1, -0.05) is 60.7 Å². The summed E-state index contributed by atoms with van der Waals surface area (Å²) in [6, 6.07) is 16.7. The maximum absolute atomic E-state index is 13.0. The molecule has 34 heavy (non-hydrogen) atoms. The molecule has 0 spiro atoms. The number of aromatic nitrogens is 1. The number of nitrogens with one attached hydrogen (secondary N) is 1. The van der Waals surface area contributed by atoms with Gasteiger partial charge in [-0.2, -0.15) is 0 Å². The van der Waals surface area contributed by atoms with Crippen LogP contribution < -0.4 is 11.1 Å². The van der Waals surface area contributed by atoms with E-state index < -0.39 is 35.2 Å². The van der Waals surface area contributed by atoms with E-state index in [2.05, 4.69) is 10.3 Å². The summed E-state index contributed by atoms with van der Waals surface area (Å²) >= 11 is 2.80. The lowest BCUT2D eigenvalue weighted by atomic mass is 10.0. The van der Waals surface area contributed by atoms with Crippen molar-refractivity contribution in [2.24, 2.45) is 5.73 Å². The monoisotopic (exact) mass is 492 g/mol. The number of β-lactam (4-membered cyclic amide) rings is 1. The van der Waals surface area contributed by atoms with E-state index >= 15 is 0 Å². The molecule has 2 aliphatic rings. The van der Waals surface area contributed by atoms with Gasteiger partial charge in [-0.25, -0.2) is 9.78 Å². The van der Waals surface area contributed by atoms with Crippen LogP contribution in [0.25, 0.3) is 16.1 Å². The Morgan fingerprint density at radius 2 is 1.79 bits per heavy atom. The molecule has 0 saturated carbocycles. The summed E-state index contributed by atoms with van der Waals surface area (Å²) < 4.78 is 0. The molecule has 2 aromatic carbocycles. The zero-order chi connectivity index (χ0) is 23.8. The number of hydrogen-bond donors (Lipinski definition) is 3. The van der Waals surface area contributed by atoms with Crippen LogP contribution in [-0.2, 0) is 14.4 Å². The van der Waals surface area contributed by atoms with Gasteiger partial charge < -0.3 is 16.2 Å². The molecular weight excluding hydrogens is 472 g/mol. The maximum Gasteiger partial charge on any atom is 0.353 e. The Balaban J connectivity index is 1.37. The van der Waals surface area contributed by atoms with Crippen LogP contribution in [0.4, 0.5) is 0 Å². The van der Waals surface area contributed by atoms with E-state index in [1.165, 1.54) is 28.0 Å². The van der Waals surface area contributed by atoms with E-state index in [0.29, 0.717) is 21.8 Å². The second-order valence-corrected chi connectivity index (χ2v) is 9.95. The van der Waals surface area contributed by atoms with E-state index in [1.54, 1.807) is 30.5 Å². The predicted octanol–water partition coefficient (Wildman–Crippen LogP) is 2.71. The number of amides is 2. The summed E-state index contributed by atoms with van der Waals surface area (Å²) in [7, 11) is 0. The average Bonchev–Trinajstić information content (AvgIpc) is 3.37. The van der Waals surface area contributed by atoms with Gasteiger partial charge in [-0.15, -0.1) is 23.1 Å². The number of carboxylic acid groups (broad SMARTS) is 1. The summed E-state index contributed by atoms with van der Waals surface area (Å²) in [5.41, 5.74) is 8.11. The molecule has 3 aromatic rings. The van der Waals surface area contributed by atoms with Gasteiger partial charge in [-0.05, 0) is 5.56 Å². The number of carbonyl (C=O) groups excluding carboxylic acids is 2. The lowest BCUT2D eigenvalue weighted by Gasteiger charge is -2.49. The van der Waals surface area contributed by atoms with Gasteiger partial charge in [0.2, 0.25) is 5.91 Å². The average molecular weight is 493 g/mol. The molecule has 3 atom stereocenters. The Hall–Kier alpha value is -3.47. The lowest BCUT2D eigenvalue weighted by Crippen LogP contribution is -2.70. The molecule has 8 nitrogen and oxygen atoms in total. The number of carbonyl (C=O) groups is 3. The highest BCUT2D eigenvalue weighted by atomic mass is 32.2. The van der Waals surface area contributed by atoms with Crippen LogP contribution in [-0.4, -0.2) is 49.9 Å². The number of carboxylic acids is 1. The van der Waals surface area contributed by atoms with Crippen LogP contribution in [0.5, 0.6) is 0 Å². The van der Waals surface area contributed by atoms with Crippen molar-refractivity contribution in [1.82, 2.24) is 15.2 Å².